The Bertz CT molecular complexity index is 523. The molecule has 74 valence electrons. The van der Waals surface area contributed by atoms with Gasteiger partial charge in [0.05, 0.1) is 6.20 Å². The molecule has 0 aromatic carbocycles. The Morgan fingerprint density at radius 3 is 2.86 bits per heavy atom. The zero-order chi connectivity index (χ0) is 10.3. The minimum absolute atomic E-state index is 0.142. The molecule has 0 amide bonds. The fourth-order valence-electron chi connectivity index (χ4n) is 1.42. The van der Waals surface area contributed by atoms with Crippen LogP contribution in [0.25, 0.3) is 5.52 Å². The van der Waals surface area contributed by atoms with Crippen molar-refractivity contribution in [3.8, 4) is 0 Å². The van der Waals surface area contributed by atoms with Crippen LogP contribution in [0.3, 0.4) is 0 Å². The Hall–Kier alpha value is -1.65. The maximum Gasteiger partial charge on any atom is 0.276 e. The van der Waals surface area contributed by atoms with E-state index in [2.05, 4.69) is 15.1 Å². The third-order valence-electron chi connectivity index (χ3n) is 2.06. The smallest absolute Gasteiger partial charge is 0.276 e. The van der Waals surface area contributed by atoms with E-state index in [1.54, 1.807) is 17.6 Å². The molecule has 2 aromatic heterocycles. The van der Waals surface area contributed by atoms with Gasteiger partial charge in [-0.25, -0.2) is 9.50 Å². The second-order valence-corrected chi connectivity index (χ2v) is 3.61. The number of aryl methyl sites for hydroxylation is 1. The largest absolute Gasteiger partial charge is 0.307 e. The Kier molecular flexibility index (Phi) is 1.87. The third-order valence-corrected chi connectivity index (χ3v) is 2.06. The van der Waals surface area contributed by atoms with Gasteiger partial charge >= 0.3 is 0 Å². The molecule has 0 aliphatic carbocycles. The van der Waals surface area contributed by atoms with Gasteiger partial charge in [0.2, 0.25) is 0 Å². The van der Waals surface area contributed by atoms with E-state index in [0.29, 0.717) is 11.3 Å². The van der Waals surface area contributed by atoms with Crippen molar-refractivity contribution in [2.24, 2.45) is 0 Å². The first kappa shape index (κ1) is 8.93. The van der Waals surface area contributed by atoms with Crippen molar-refractivity contribution in [1.29, 1.82) is 0 Å². The number of nitrogens with zero attached hydrogens (tertiary/aromatic N) is 3. The molecule has 0 atom stereocenters. The zero-order valence-electron chi connectivity index (χ0n) is 8.40. The highest BCUT2D eigenvalue weighted by molar-refractivity contribution is 5.42. The molecule has 0 aliphatic heterocycles. The number of imidazole rings is 1. The molecule has 1 N–H and O–H groups in total. The van der Waals surface area contributed by atoms with Crippen LogP contribution in [0.1, 0.15) is 31.4 Å². The molecule has 0 radical (unpaired) electrons. The zero-order valence-corrected chi connectivity index (χ0v) is 8.40. The second-order valence-electron chi connectivity index (χ2n) is 3.61. The Balaban J connectivity index is 2.85. The van der Waals surface area contributed by atoms with E-state index in [0.717, 1.165) is 5.82 Å². The van der Waals surface area contributed by atoms with Gasteiger partial charge < -0.3 is 4.98 Å². The van der Waals surface area contributed by atoms with Crippen LogP contribution in [-0.2, 0) is 0 Å². The van der Waals surface area contributed by atoms with E-state index in [-0.39, 0.29) is 11.5 Å². The lowest BCUT2D eigenvalue weighted by molar-refractivity contribution is 0.707. The van der Waals surface area contributed by atoms with Crippen LogP contribution in [0.4, 0.5) is 0 Å². The lowest BCUT2D eigenvalue weighted by atomic mass is 10.2. The topological polar surface area (TPSA) is 63.1 Å². The first-order chi connectivity index (χ1) is 6.59. The molecule has 0 saturated carbocycles. The SMILES string of the molecule is Cc1nn2c(C(C)C)ncc2c(=O)[nH]1. The molecule has 5 nitrogen and oxygen atoms in total. The average molecular weight is 192 g/mol. The standard InChI is InChI=1S/C9H12N4O/c1-5(2)8-10-4-7-9(14)11-6(3)12-13(7)8/h4-5H,1-3H3,(H,11,12,14). The lowest BCUT2D eigenvalue weighted by Crippen LogP contribution is -2.15. The minimum Gasteiger partial charge on any atom is -0.307 e. The second kappa shape index (κ2) is 2.94. The molecule has 14 heavy (non-hydrogen) atoms. The maximum absolute atomic E-state index is 11.5. The highest BCUT2D eigenvalue weighted by atomic mass is 16.1. The summed E-state index contributed by atoms with van der Waals surface area (Å²) in [6.45, 7) is 5.80. The fourth-order valence-corrected chi connectivity index (χ4v) is 1.42. The van der Waals surface area contributed by atoms with Gasteiger partial charge in [-0.2, -0.15) is 5.10 Å². The summed E-state index contributed by atoms with van der Waals surface area (Å²) in [6.07, 6.45) is 1.56. The summed E-state index contributed by atoms with van der Waals surface area (Å²) in [5.41, 5.74) is 0.358. The summed E-state index contributed by atoms with van der Waals surface area (Å²) in [4.78, 5) is 18.3. The van der Waals surface area contributed by atoms with Crippen LogP contribution in [0.15, 0.2) is 11.0 Å². The molecule has 0 spiro atoms. The molecular weight excluding hydrogens is 180 g/mol. The van der Waals surface area contributed by atoms with Crippen LogP contribution < -0.4 is 5.56 Å². The predicted molar refractivity (Wildman–Crippen MR) is 52.4 cm³/mol. The minimum atomic E-state index is -0.142. The molecule has 2 heterocycles. The van der Waals surface area contributed by atoms with Crippen molar-refractivity contribution in [3.05, 3.63) is 28.2 Å². The molecule has 2 rings (SSSR count). The average Bonchev–Trinajstić information content (AvgIpc) is 2.47. The lowest BCUT2D eigenvalue weighted by Gasteiger charge is -2.02. The van der Waals surface area contributed by atoms with E-state index in [1.165, 1.54) is 0 Å². The highest BCUT2D eigenvalue weighted by Crippen LogP contribution is 2.11. The summed E-state index contributed by atoms with van der Waals surface area (Å²) in [6, 6.07) is 0. The summed E-state index contributed by atoms with van der Waals surface area (Å²) in [7, 11) is 0. The van der Waals surface area contributed by atoms with Crippen LogP contribution in [0, 0.1) is 6.92 Å². The number of hydrogen-bond donors (Lipinski definition) is 1. The summed E-state index contributed by atoms with van der Waals surface area (Å²) in [5, 5.41) is 4.22. The Labute approximate surface area is 80.8 Å². The van der Waals surface area contributed by atoms with Crippen molar-refractivity contribution in [1.82, 2.24) is 19.6 Å². The first-order valence-electron chi connectivity index (χ1n) is 4.54. The van der Waals surface area contributed by atoms with E-state index in [1.807, 2.05) is 13.8 Å². The first-order valence-corrected chi connectivity index (χ1v) is 4.54. The normalized spacial score (nSPS) is 11.4. The molecular formula is C9H12N4O. The molecule has 2 aromatic rings. The van der Waals surface area contributed by atoms with Crippen LogP contribution in [-0.4, -0.2) is 19.6 Å². The van der Waals surface area contributed by atoms with Crippen molar-refractivity contribution in [2.45, 2.75) is 26.7 Å². The number of fused-ring (bicyclic) bond motifs is 1. The summed E-state index contributed by atoms with van der Waals surface area (Å²) >= 11 is 0. The fraction of sp³-hybridized carbons (Fsp3) is 0.444. The Morgan fingerprint density at radius 2 is 2.21 bits per heavy atom. The third kappa shape index (κ3) is 1.21. The van der Waals surface area contributed by atoms with Gasteiger partial charge in [0.25, 0.3) is 5.56 Å². The summed E-state index contributed by atoms with van der Waals surface area (Å²) < 4.78 is 1.61. The quantitative estimate of drug-likeness (QED) is 0.728. The van der Waals surface area contributed by atoms with Gasteiger partial charge in [-0.05, 0) is 6.92 Å². The molecule has 0 bridgehead atoms. The van der Waals surface area contributed by atoms with Gasteiger partial charge in [0.15, 0.2) is 5.52 Å². The van der Waals surface area contributed by atoms with Crippen molar-refractivity contribution in [3.63, 3.8) is 0 Å². The van der Waals surface area contributed by atoms with E-state index >= 15 is 0 Å². The number of hydrogen-bond acceptors (Lipinski definition) is 3. The highest BCUT2D eigenvalue weighted by Gasteiger charge is 2.10. The number of aromatic nitrogens is 4. The van der Waals surface area contributed by atoms with Crippen molar-refractivity contribution in [2.75, 3.05) is 0 Å². The van der Waals surface area contributed by atoms with Crippen molar-refractivity contribution < 1.29 is 0 Å². The van der Waals surface area contributed by atoms with E-state index < -0.39 is 0 Å². The predicted octanol–water partition coefficient (Wildman–Crippen LogP) is 0.849. The van der Waals surface area contributed by atoms with Gasteiger partial charge in [-0.3, -0.25) is 4.79 Å². The van der Waals surface area contributed by atoms with Gasteiger partial charge in [0.1, 0.15) is 11.6 Å². The van der Waals surface area contributed by atoms with Gasteiger partial charge in [0, 0.05) is 5.92 Å². The number of nitrogens with one attached hydrogen (secondary N) is 1. The van der Waals surface area contributed by atoms with Crippen LogP contribution in [0.5, 0.6) is 0 Å². The van der Waals surface area contributed by atoms with Crippen molar-refractivity contribution >= 4 is 5.52 Å². The number of rotatable bonds is 1. The summed E-state index contributed by atoms with van der Waals surface area (Å²) in [5.74, 6) is 1.67. The maximum atomic E-state index is 11.5. The van der Waals surface area contributed by atoms with E-state index in [4.69, 9.17) is 0 Å². The number of H-pyrrole nitrogens is 1. The monoisotopic (exact) mass is 192 g/mol. The molecule has 0 fully saturated rings. The van der Waals surface area contributed by atoms with Crippen LogP contribution in [0.2, 0.25) is 0 Å². The molecule has 0 unspecified atom stereocenters. The molecule has 0 aliphatic rings. The number of aromatic amines is 1. The molecule has 0 saturated heterocycles. The molecule has 5 heteroatoms. The Morgan fingerprint density at radius 1 is 1.50 bits per heavy atom. The van der Waals surface area contributed by atoms with Crippen LogP contribution >= 0.6 is 0 Å². The van der Waals surface area contributed by atoms with E-state index in [9.17, 15) is 4.79 Å². The van der Waals surface area contributed by atoms with Gasteiger partial charge in [-0.15, -0.1) is 0 Å². The van der Waals surface area contributed by atoms with Gasteiger partial charge in [-0.1, -0.05) is 13.8 Å².